The van der Waals surface area contributed by atoms with Crippen LogP contribution in [0.5, 0.6) is 0 Å². The van der Waals surface area contributed by atoms with Crippen LogP contribution in [0.2, 0.25) is 0 Å². The second-order valence-electron chi connectivity index (χ2n) is 4.45. The molecular weight excluding hydrogens is 329 g/mol. The van der Waals surface area contributed by atoms with Gasteiger partial charge in [-0.3, -0.25) is 4.99 Å². The van der Waals surface area contributed by atoms with Crippen LogP contribution in [-0.4, -0.2) is 28.8 Å². The van der Waals surface area contributed by atoms with Gasteiger partial charge in [-0.1, -0.05) is 30.0 Å². The summed E-state index contributed by atoms with van der Waals surface area (Å²) in [5.74, 6) is -2.76. The summed E-state index contributed by atoms with van der Waals surface area (Å²) in [6.07, 6.45) is -1.05. The van der Waals surface area contributed by atoms with Gasteiger partial charge < -0.3 is 5.11 Å². The predicted octanol–water partition coefficient (Wildman–Crippen LogP) is 3.67. The summed E-state index contributed by atoms with van der Waals surface area (Å²) < 4.78 is 31.7. The number of benzene rings is 1. The maximum Gasteiger partial charge on any atom is 0.490 e. The Labute approximate surface area is 133 Å². The Hall–Kier alpha value is -2.53. The van der Waals surface area contributed by atoms with Crippen LogP contribution >= 0.6 is 11.8 Å². The number of carboxylic acid groups (broad SMARTS) is 1. The van der Waals surface area contributed by atoms with Crippen molar-refractivity contribution >= 4 is 28.9 Å². The van der Waals surface area contributed by atoms with Crippen molar-refractivity contribution in [1.82, 2.24) is 0 Å². The van der Waals surface area contributed by atoms with Gasteiger partial charge in [0.2, 0.25) is 0 Å². The molecule has 2 aliphatic heterocycles. The van der Waals surface area contributed by atoms with Crippen molar-refractivity contribution in [3.8, 4) is 6.07 Å². The molecule has 118 valence electrons. The van der Waals surface area contributed by atoms with Crippen molar-refractivity contribution < 1.29 is 23.1 Å². The SMILES string of the molecule is N#CC1=CC2=Cc3ccccc3SC2=NC1.O=C(O)C(F)(F)F. The zero-order chi connectivity index (χ0) is 17.0. The Kier molecular flexibility index (Phi) is 4.91. The second-order valence-corrected chi connectivity index (χ2v) is 5.48. The minimum atomic E-state index is -5.08. The summed E-state index contributed by atoms with van der Waals surface area (Å²) in [6.45, 7) is 0.512. The Morgan fingerprint density at radius 2 is 1.96 bits per heavy atom. The molecule has 1 aromatic carbocycles. The molecule has 0 amide bonds. The number of dihydropyridines is 1. The number of halogens is 3. The average Bonchev–Trinajstić information content (AvgIpc) is 2.52. The smallest absolute Gasteiger partial charge is 0.475 e. The number of rotatable bonds is 0. The van der Waals surface area contributed by atoms with Gasteiger partial charge in [0.15, 0.2) is 0 Å². The monoisotopic (exact) mass is 338 g/mol. The van der Waals surface area contributed by atoms with Crippen molar-refractivity contribution in [1.29, 1.82) is 5.26 Å². The topological polar surface area (TPSA) is 73.5 Å². The Morgan fingerprint density at radius 3 is 2.57 bits per heavy atom. The van der Waals surface area contributed by atoms with E-state index in [0.29, 0.717) is 6.54 Å². The van der Waals surface area contributed by atoms with Gasteiger partial charge in [-0.2, -0.15) is 18.4 Å². The maximum absolute atomic E-state index is 10.6. The first kappa shape index (κ1) is 16.8. The van der Waals surface area contributed by atoms with Crippen molar-refractivity contribution in [2.45, 2.75) is 11.1 Å². The molecule has 0 radical (unpaired) electrons. The fourth-order valence-electron chi connectivity index (χ4n) is 1.77. The molecule has 3 rings (SSSR count). The molecule has 0 fully saturated rings. The van der Waals surface area contributed by atoms with E-state index in [-0.39, 0.29) is 0 Å². The second kappa shape index (κ2) is 6.71. The van der Waals surface area contributed by atoms with Crippen LogP contribution < -0.4 is 0 Å². The van der Waals surface area contributed by atoms with Crippen LogP contribution in [-0.2, 0) is 4.79 Å². The quantitative estimate of drug-likeness (QED) is 0.783. The zero-order valence-corrected chi connectivity index (χ0v) is 12.3. The molecule has 0 aliphatic carbocycles. The first-order chi connectivity index (χ1) is 10.8. The molecule has 0 aromatic heterocycles. The number of allylic oxidation sites excluding steroid dienone is 1. The lowest BCUT2D eigenvalue weighted by molar-refractivity contribution is -0.192. The van der Waals surface area contributed by atoms with E-state index in [2.05, 4.69) is 29.3 Å². The highest BCUT2D eigenvalue weighted by Crippen LogP contribution is 2.35. The first-order valence-corrected chi connectivity index (χ1v) is 7.07. The molecule has 0 saturated heterocycles. The molecule has 0 unspecified atom stereocenters. The molecule has 8 heteroatoms. The molecule has 0 atom stereocenters. The lowest BCUT2D eigenvalue weighted by Gasteiger charge is -2.18. The summed E-state index contributed by atoms with van der Waals surface area (Å²) in [7, 11) is 0. The van der Waals surface area contributed by atoms with E-state index in [1.165, 1.54) is 10.5 Å². The number of carbonyl (C=O) groups is 1. The highest BCUT2D eigenvalue weighted by molar-refractivity contribution is 8.14. The average molecular weight is 338 g/mol. The van der Waals surface area contributed by atoms with Gasteiger partial charge in [0.25, 0.3) is 0 Å². The van der Waals surface area contributed by atoms with E-state index in [9.17, 15) is 13.2 Å². The Morgan fingerprint density at radius 1 is 1.30 bits per heavy atom. The highest BCUT2D eigenvalue weighted by atomic mass is 32.2. The number of nitrogens with zero attached hydrogens (tertiary/aromatic N) is 2. The molecule has 0 spiro atoms. The first-order valence-electron chi connectivity index (χ1n) is 6.25. The number of hydrogen-bond acceptors (Lipinski definition) is 4. The number of thioether (sulfide) groups is 1. The number of aliphatic carboxylic acids is 1. The lowest BCUT2D eigenvalue weighted by Crippen LogP contribution is -2.21. The molecule has 23 heavy (non-hydrogen) atoms. The van der Waals surface area contributed by atoms with Crippen molar-refractivity contribution in [2.75, 3.05) is 6.54 Å². The van der Waals surface area contributed by atoms with Crippen molar-refractivity contribution in [3.05, 3.63) is 47.1 Å². The van der Waals surface area contributed by atoms with Gasteiger partial charge in [0.05, 0.1) is 18.2 Å². The Balaban J connectivity index is 0.000000236. The molecule has 0 bridgehead atoms. The van der Waals surface area contributed by atoms with E-state index < -0.39 is 12.1 Å². The van der Waals surface area contributed by atoms with Gasteiger partial charge in [0, 0.05) is 10.5 Å². The van der Waals surface area contributed by atoms with Crippen LogP contribution in [0.1, 0.15) is 5.56 Å². The summed E-state index contributed by atoms with van der Waals surface area (Å²) in [4.78, 5) is 14.6. The van der Waals surface area contributed by atoms with E-state index >= 15 is 0 Å². The molecule has 4 nitrogen and oxygen atoms in total. The molecule has 1 aromatic rings. The van der Waals surface area contributed by atoms with E-state index in [4.69, 9.17) is 15.2 Å². The predicted molar refractivity (Wildman–Crippen MR) is 80.0 cm³/mol. The third kappa shape index (κ3) is 4.23. The minimum Gasteiger partial charge on any atom is -0.475 e. The van der Waals surface area contributed by atoms with Crippen molar-refractivity contribution in [2.24, 2.45) is 4.99 Å². The van der Waals surface area contributed by atoms with Gasteiger partial charge in [-0.15, -0.1) is 0 Å². The standard InChI is InChI=1S/C13H8N2S.C2HF3O2/c14-7-9-5-11-6-10-3-1-2-4-12(10)16-13(11)15-8-9;3-2(4,5)1(6)7/h1-6H,8H2;(H,6,7). The van der Waals surface area contributed by atoms with Crippen LogP contribution in [0.25, 0.3) is 6.08 Å². The normalized spacial score (nSPS) is 15.5. The summed E-state index contributed by atoms with van der Waals surface area (Å²) >= 11 is 1.68. The van der Waals surface area contributed by atoms with Crippen LogP contribution in [0.3, 0.4) is 0 Å². The minimum absolute atomic E-state index is 0.512. The number of hydrogen-bond donors (Lipinski definition) is 1. The third-order valence-electron chi connectivity index (χ3n) is 2.79. The highest BCUT2D eigenvalue weighted by Gasteiger charge is 2.38. The number of fused-ring (bicyclic) bond motifs is 2. The summed E-state index contributed by atoms with van der Waals surface area (Å²) in [5, 5.41) is 17.0. The maximum atomic E-state index is 10.6. The van der Waals surface area contributed by atoms with Crippen molar-refractivity contribution in [3.63, 3.8) is 0 Å². The largest absolute Gasteiger partial charge is 0.490 e. The Bertz CT molecular complexity index is 774. The van der Waals surface area contributed by atoms with Gasteiger partial charge in [-0.25, -0.2) is 4.79 Å². The molecule has 2 aliphatic rings. The molecular formula is C15H9F3N2O2S. The molecule has 2 heterocycles. The fourth-order valence-corrected chi connectivity index (χ4v) is 2.73. The summed E-state index contributed by atoms with van der Waals surface area (Å²) in [6, 6.07) is 10.4. The van der Waals surface area contributed by atoms with Gasteiger partial charge in [-0.05, 0) is 23.8 Å². The lowest BCUT2D eigenvalue weighted by atomic mass is 10.1. The van der Waals surface area contributed by atoms with E-state index in [1.807, 2.05) is 18.2 Å². The van der Waals surface area contributed by atoms with Gasteiger partial charge >= 0.3 is 12.1 Å². The number of alkyl halides is 3. The molecule has 0 saturated carbocycles. The van der Waals surface area contributed by atoms with Crippen LogP contribution in [0.15, 0.2) is 51.4 Å². The summed E-state index contributed by atoms with van der Waals surface area (Å²) in [5.41, 5.74) is 3.00. The van der Waals surface area contributed by atoms with Crippen LogP contribution in [0, 0.1) is 11.3 Å². The van der Waals surface area contributed by atoms with Crippen LogP contribution in [0.4, 0.5) is 13.2 Å². The molecule has 1 N–H and O–H groups in total. The number of carboxylic acids is 1. The number of nitriles is 1. The fraction of sp³-hybridized carbons (Fsp3) is 0.133. The zero-order valence-electron chi connectivity index (χ0n) is 11.5. The van der Waals surface area contributed by atoms with Gasteiger partial charge in [0.1, 0.15) is 5.04 Å². The number of aliphatic imine (C=N–C) groups is 1. The third-order valence-corrected chi connectivity index (χ3v) is 3.94. The van der Waals surface area contributed by atoms with E-state index in [0.717, 1.165) is 16.2 Å². The van der Waals surface area contributed by atoms with E-state index in [1.54, 1.807) is 11.8 Å².